The van der Waals surface area contributed by atoms with Crippen molar-refractivity contribution in [3.63, 3.8) is 0 Å². The summed E-state index contributed by atoms with van der Waals surface area (Å²) < 4.78 is 5.34. The highest BCUT2D eigenvalue weighted by Gasteiger charge is 2.12. The van der Waals surface area contributed by atoms with Gasteiger partial charge in [0.25, 0.3) is 0 Å². The fourth-order valence-electron chi connectivity index (χ4n) is 1.85. The number of nitrogens with zero attached hydrogens (tertiary/aromatic N) is 2. The van der Waals surface area contributed by atoms with Crippen molar-refractivity contribution in [3.8, 4) is 22.7 Å². The zero-order valence-electron chi connectivity index (χ0n) is 10.3. The minimum absolute atomic E-state index is 0.685. The zero-order chi connectivity index (χ0) is 12.5. The van der Waals surface area contributed by atoms with E-state index in [-0.39, 0.29) is 0 Å². The predicted octanol–water partition coefficient (Wildman–Crippen LogP) is 3.35. The van der Waals surface area contributed by atoms with Gasteiger partial charge in [-0.05, 0) is 13.8 Å². The van der Waals surface area contributed by atoms with Gasteiger partial charge < -0.3 is 9.51 Å². The molecule has 0 saturated heterocycles. The number of aromatic nitrogens is 3. The number of hydrogen-bond donors (Lipinski definition) is 1. The number of aryl methyl sites for hydroxylation is 2. The van der Waals surface area contributed by atoms with Crippen molar-refractivity contribution < 1.29 is 4.52 Å². The quantitative estimate of drug-likeness (QED) is 0.746. The van der Waals surface area contributed by atoms with Crippen LogP contribution in [0.1, 0.15) is 11.3 Å². The lowest BCUT2D eigenvalue weighted by molar-refractivity contribution is 0.433. The van der Waals surface area contributed by atoms with Gasteiger partial charge in [0.1, 0.15) is 11.4 Å². The highest BCUT2D eigenvalue weighted by molar-refractivity contribution is 5.65. The van der Waals surface area contributed by atoms with E-state index in [0.717, 1.165) is 22.6 Å². The highest BCUT2D eigenvalue weighted by Crippen LogP contribution is 2.26. The van der Waals surface area contributed by atoms with Gasteiger partial charge in [-0.25, -0.2) is 4.98 Å². The first-order chi connectivity index (χ1) is 8.74. The average molecular weight is 239 g/mol. The molecule has 0 amide bonds. The summed E-state index contributed by atoms with van der Waals surface area (Å²) in [5.41, 5.74) is 4.88. The lowest BCUT2D eigenvalue weighted by Crippen LogP contribution is -1.78. The highest BCUT2D eigenvalue weighted by atomic mass is 16.5. The van der Waals surface area contributed by atoms with E-state index < -0.39 is 0 Å². The van der Waals surface area contributed by atoms with Gasteiger partial charge in [-0.2, -0.15) is 0 Å². The van der Waals surface area contributed by atoms with Crippen molar-refractivity contribution in [3.05, 3.63) is 47.9 Å². The van der Waals surface area contributed by atoms with E-state index in [1.54, 1.807) is 6.33 Å². The van der Waals surface area contributed by atoms with Crippen LogP contribution in [-0.4, -0.2) is 15.1 Å². The lowest BCUT2D eigenvalue weighted by Gasteiger charge is -1.95. The van der Waals surface area contributed by atoms with Gasteiger partial charge in [-0.3, -0.25) is 0 Å². The minimum Gasteiger partial charge on any atom is -0.354 e. The molecule has 90 valence electrons. The van der Waals surface area contributed by atoms with Crippen LogP contribution in [0.2, 0.25) is 0 Å². The van der Waals surface area contributed by atoms with Crippen LogP contribution in [0.4, 0.5) is 0 Å². The number of nitrogens with one attached hydrogen (secondary N) is 1. The summed E-state index contributed by atoms with van der Waals surface area (Å²) in [6, 6.07) is 10.1. The molecule has 2 heterocycles. The Morgan fingerprint density at radius 1 is 1.11 bits per heavy atom. The van der Waals surface area contributed by atoms with Crippen LogP contribution in [0.25, 0.3) is 22.7 Å². The molecular weight excluding hydrogens is 226 g/mol. The van der Waals surface area contributed by atoms with E-state index in [1.165, 1.54) is 5.56 Å². The molecule has 3 aromatic rings. The fraction of sp³-hybridized carbons (Fsp3) is 0.143. The number of hydrogen-bond acceptors (Lipinski definition) is 3. The minimum atomic E-state index is 0.685. The first kappa shape index (κ1) is 10.8. The molecule has 3 rings (SSSR count). The van der Waals surface area contributed by atoms with Gasteiger partial charge in [-0.1, -0.05) is 35.0 Å². The van der Waals surface area contributed by atoms with E-state index >= 15 is 0 Å². The van der Waals surface area contributed by atoms with Gasteiger partial charge >= 0.3 is 0 Å². The number of aromatic amines is 1. The Hall–Kier alpha value is -2.36. The van der Waals surface area contributed by atoms with Crippen LogP contribution in [0.15, 0.2) is 41.2 Å². The molecule has 0 aliphatic rings. The Labute approximate surface area is 105 Å². The van der Waals surface area contributed by atoms with Crippen LogP contribution >= 0.6 is 0 Å². The van der Waals surface area contributed by atoms with Crippen molar-refractivity contribution in [1.29, 1.82) is 0 Å². The third-order valence-electron chi connectivity index (χ3n) is 2.92. The van der Waals surface area contributed by atoms with Gasteiger partial charge in [0.05, 0.1) is 6.33 Å². The smallest absolute Gasteiger partial charge is 0.187 e. The summed E-state index contributed by atoms with van der Waals surface area (Å²) in [7, 11) is 0. The van der Waals surface area contributed by atoms with E-state index in [9.17, 15) is 0 Å². The molecule has 4 heteroatoms. The monoisotopic (exact) mass is 239 g/mol. The molecule has 0 unspecified atom stereocenters. The second kappa shape index (κ2) is 4.14. The summed E-state index contributed by atoms with van der Waals surface area (Å²) in [5, 5.41) is 4.08. The molecule has 2 aromatic heterocycles. The van der Waals surface area contributed by atoms with E-state index in [0.29, 0.717) is 5.76 Å². The zero-order valence-corrected chi connectivity index (χ0v) is 10.3. The Morgan fingerprint density at radius 2 is 1.89 bits per heavy atom. The summed E-state index contributed by atoms with van der Waals surface area (Å²) in [6.07, 6.45) is 1.65. The molecule has 0 fully saturated rings. The summed E-state index contributed by atoms with van der Waals surface area (Å²) in [6.45, 7) is 4.02. The molecule has 4 nitrogen and oxygen atoms in total. The maximum absolute atomic E-state index is 5.34. The lowest BCUT2D eigenvalue weighted by atomic mass is 10.1. The Morgan fingerprint density at radius 3 is 2.56 bits per heavy atom. The first-order valence-corrected chi connectivity index (χ1v) is 5.78. The van der Waals surface area contributed by atoms with Crippen LogP contribution in [0.3, 0.4) is 0 Å². The van der Waals surface area contributed by atoms with Crippen molar-refractivity contribution in [2.45, 2.75) is 13.8 Å². The van der Waals surface area contributed by atoms with Crippen molar-refractivity contribution in [2.24, 2.45) is 0 Å². The first-order valence-electron chi connectivity index (χ1n) is 5.78. The fourth-order valence-corrected chi connectivity index (χ4v) is 1.85. The van der Waals surface area contributed by atoms with Crippen molar-refractivity contribution in [1.82, 2.24) is 15.1 Å². The number of imidazole rings is 1. The van der Waals surface area contributed by atoms with E-state index in [4.69, 9.17) is 4.52 Å². The molecule has 0 saturated carbocycles. The molecule has 0 aliphatic carbocycles. The van der Waals surface area contributed by atoms with Crippen LogP contribution in [0, 0.1) is 13.8 Å². The second-order valence-electron chi connectivity index (χ2n) is 4.32. The van der Waals surface area contributed by atoms with Crippen LogP contribution in [0.5, 0.6) is 0 Å². The SMILES string of the molecule is Cc1ccc(-c2cc(-c3nc[nH]c3C)on2)cc1. The topological polar surface area (TPSA) is 54.7 Å². The Bertz CT molecular complexity index is 664. The average Bonchev–Trinajstić information content (AvgIpc) is 2.98. The molecule has 1 aromatic carbocycles. The van der Waals surface area contributed by atoms with E-state index in [1.807, 2.05) is 25.1 Å². The van der Waals surface area contributed by atoms with Gasteiger partial charge in [0.2, 0.25) is 0 Å². The van der Waals surface area contributed by atoms with E-state index in [2.05, 4.69) is 34.2 Å². The third-order valence-corrected chi connectivity index (χ3v) is 2.92. The maximum atomic E-state index is 5.34. The summed E-state index contributed by atoms with van der Waals surface area (Å²) in [5.74, 6) is 0.685. The van der Waals surface area contributed by atoms with Crippen molar-refractivity contribution >= 4 is 0 Å². The maximum Gasteiger partial charge on any atom is 0.187 e. The number of H-pyrrole nitrogens is 1. The predicted molar refractivity (Wildman–Crippen MR) is 69.0 cm³/mol. The molecule has 0 atom stereocenters. The largest absolute Gasteiger partial charge is 0.354 e. The third kappa shape index (κ3) is 1.82. The number of benzene rings is 1. The summed E-state index contributed by atoms with van der Waals surface area (Å²) in [4.78, 5) is 7.24. The second-order valence-corrected chi connectivity index (χ2v) is 4.32. The molecule has 0 radical (unpaired) electrons. The molecule has 0 bridgehead atoms. The van der Waals surface area contributed by atoms with Gasteiger partial charge in [0, 0.05) is 17.3 Å². The summed E-state index contributed by atoms with van der Waals surface area (Å²) >= 11 is 0. The number of rotatable bonds is 2. The van der Waals surface area contributed by atoms with Crippen LogP contribution < -0.4 is 0 Å². The Kier molecular flexibility index (Phi) is 2.48. The normalized spacial score (nSPS) is 10.8. The molecular formula is C14H13N3O. The molecule has 18 heavy (non-hydrogen) atoms. The van der Waals surface area contributed by atoms with Gasteiger partial charge in [-0.15, -0.1) is 0 Å². The van der Waals surface area contributed by atoms with Crippen LogP contribution in [-0.2, 0) is 0 Å². The van der Waals surface area contributed by atoms with Crippen molar-refractivity contribution in [2.75, 3.05) is 0 Å². The standard InChI is InChI=1S/C14H13N3O/c1-9-3-5-11(6-4-9)12-7-13(18-17-12)14-10(2)15-8-16-14/h3-8H,1-2H3,(H,15,16). The molecule has 1 N–H and O–H groups in total. The van der Waals surface area contributed by atoms with Gasteiger partial charge in [0.15, 0.2) is 5.76 Å². The molecule has 0 spiro atoms. The molecule has 0 aliphatic heterocycles. The Balaban J connectivity index is 1.99.